The second-order valence-corrected chi connectivity index (χ2v) is 6.33. The first-order valence-electron chi connectivity index (χ1n) is 7.23. The van der Waals surface area contributed by atoms with E-state index >= 15 is 0 Å². The van der Waals surface area contributed by atoms with E-state index in [0.717, 1.165) is 12.2 Å². The lowest BCUT2D eigenvalue weighted by Crippen LogP contribution is -2.10. The van der Waals surface area contributed by atoms with Gasteiger partial charge in [0.05, 0.1) is 6.04 Å². The zero-order valence-electron chi connectivity index (χ0n) is 12.0. The summed E-state index contributed by atoms with van der Waals surface area (Å²) in [6.07, 6.45) is 2.88. The normalized spacial score (nSPS) is 20.0. The van der Waals surface area contributed by atoms with Crippen LogP contribution in [0.1, 0.15) is 29.6 Å². The SMILES string of the molecule is C=CCSc1ccccc1NC1CC(N)c2ccccc21. The molecule has 108 valence electrons. The molecular weight excluding hydrogens is 276 g/mol. The van der Waals surface area contributed by atoms with Crippen molar-refractivity contribution in [1.82, 2.24) is 0 Å². The Kier molecular flexibility index (Phi) is 4.32. The van der Waals surface area contributed by atoms with Gasteiger partial charge in [0.15, 0.2) is 0 Å². The fraction of sp³-hybridized carbons (Fsp3) is 0.222. The number of benzene rings is 2. The monoisotopic (exact) mass is 296 g/mol. The molecule has 0 saturated carbocycles. The van der Waals surface area contributed by atoms with Gasteiger partial charge in [-0.1, -0.05) is 42.5 Å². The quantitative estimate of drug-likeness (QED) is 0.629. The summed E-state index contributed by atoms with van der Waals surface area (Å²) in [4.78, 5) is 1.26. The molecule has 3 N–H and O–H groups in total. The first-order chi connectivity index (χ1) is 10.3. The zero-order chi connectivity index (χ0) is 14.7. The van der Waals surface area contributed by atoms with Gasteiger partial charge in [0.1, 0.15) is 0 Å². The van der Waals surface area contributed by atoms with E-state index in [4.69, 9.17) is 5.73 Å². The molecule has 1 aliphatic rings. The second kappa shape index (κ2) is 6.37. The van der Waals surface area contributed by atoms with Gasteiger partial charge >= 0.3 is 0 Å². The second-order valence-electron chi connectivity index (χ2n) is 5.26. The lowest BCUT2D eigenvalue weighted by Gasteiger charge is -2.18. The maximum absolute atomic E-state index is 6.25. The molecule has 0 aromatic heterocycles. The number of nitrogens with one attached hydrogen (secondary N) is 1. The highest BCUT2D eigenvalue weighted by Gasteiger charge is 2.28. The van der Waals surface area contributed by atoms with Crippen LogP contribution in [0.5, 0.6) is 0 Å². The lowest BCUT2D eigenvalue weighted by molar-refractivity contribution is 0.647. The van der Waals surface area contributed by atoms with Crippen LogP contribution in [0.15, 0.2) is 66.1 Å². The highest BCUT2D eigenvalue weighted by molar-refractivity contribution is 7.99. The van der Waals surface area contributed by atoms with Gasteiger partial charge in [-0.25, -0.2) is 0 Å². The first-order valence-corrected chi connectivity index (χ1v) is 8.22. The Morgan fingerprint density at radius 1 is 1.14 bits per heavy atom. The van der Waals surface area contributed by atoms with Gasteiger partial charge in [0.25, 0.3) is 0 Å². The number of anilines is 1. The van der Waals surface area contributed by atoms with Crippen LogP contribution < -0.4 is 11.1 Å². The summed E-state index contributed by atoms with van der Waals surface area (Å²) in [6, 6.07) is 17.3. The smallest absolute Gasteiger partial charge is 0.0535 e. The Balaban J connectivity index is 1.83. The molecule has 2 aromatic carbocycles. The van der Waals surface area contributed by atoms with Crippen LogP contribution in [0.2, 0.25) is 0 Å². The predicted octanol–water partition coefficient (Wildman–Crippen LogP) is 4.52. The minimum absolute atomic E-state index is 0.131. The number of hydrogen-bond donors (Lipinski definition) is 2. The molecule has 21 heavy (non-hydrogen) atoms. The van der Waals surface area contributed by atoms with E-state index in [1.54, 1.807) is 11.8 Å². The van der Waals surface area contributed by atoms with Gasteiger partial charge in [0.2, 0.25) is 0 Å². The maximum atomic E-state index is 6.25. The minimum Gasteiger partial charge on any atom is -0.377 e. The molecule has 2 atom stereocenters. The molecule has 0 amide bonds. The van der Waals surface area contributed by atoms with Crippen molar-refractivity contribution in [3.8, 4) is 0 Å². The highest BCUT2D eigenvalue weighted by Crippen LogP contribution is 2.40. The molecule has 0 radical (unpaired) electrons. The van der Waals surface area contributed by atoms with E-state index in [0.29, 0.717) is 6.04 Å². The molecule has 0 saturated heterocycles. The van der Waals surface area contributed by atoms with Crippen LogP contribution in [-0.2, 0) is 0 Å². The largest absolute Gasteiger partial charge is 0.377 e. The fourth-order valence-corrected chi connectivity index (χ4v) is 3.61. The predicted molar refractivity (Wildman–Crippen MR) is 91.7 cm³/mol. The van der Waals surface area contributed by atoms with E-state index in [1.807, 2.05) is 6.08 Å². The van der Waals surface area contributed by atoms with Crippen LogP contribution in [0.25, 0.3) is 0 Å². The molecule has 0 spiro atoms. The molecular formula is C18H20N2S. The van der Waals surface area contributed by atoms with Crippen molar-refractivity contribution in [1.29, 1.82) is 0 Å². The van der Waals surface area contributed by atoms with Crippen molar-refractivity contribution in [2.24, 2.45) is 5.73 Å². The van der Waals surface area contributed by atoms with Crippen molar-refractivity contribution in [2.45, 2.75) is 23.4 Å². The van der Waals surface area contributed by atoms with E-state index in [-0.39, 0.29) is 6.04 Å². The van der Waals surface area contributed by atoms with Crippen molar-refractivity contribution >= 4 is 17.4 Å². The summed E-state index contributed by atoms with van der Waals surface area (Å²) >= 11 is 1.80. The molecule has 0 bridgehead atoms. The van der Waals surface area contributed by atoms with Crippen LogP contribution in [0, 0.1) is 0 Å². The van der Waals surface area contributed by atoms with Crippen LogP contribution >= 0.6 is 11.8 Å². The summed E-state index contributed by atoms with van der Waals surface area (Å²) in [6.45, 7) is 3.79. The van der Waals surface area contributed by atoms with Crippen molar-refractivity contribution in [3.63, 3.8) is 0 Å². The number of nitrogens with two attached hydrogens (primary N) is 1. The van der Waals surface area contributed by atoms with Crippen LogP contribution in [-0.4, -0.2) is 5.75 Å². The van der Waals surface area contributed by atoms with Crippen molar-refractivity contribution in [3.05, 3.63) is 72.3 Å². The third-order valence-corrected chi connectivity index (χ3v) is 4.90. The van der Waals surface area contributed by atoms with Crippen LogP contribution in [0.3, 0.4) is 0 Å². The van der Waals surface area contributed by atoms with E-state index < -0.39 is 0 Å². The Labute approximate surface area is 130 Å². The van der Waals surface area contributed by atoms with Crippen LogP contribution in [0.4, 0.5) is 5.69 Å². The summed E-state index contributed by atoms with van der Waals surface area (Å²) in [5, 5.41) is 3.67. The average Bonchev–Trinajstić information content (AvgIpc) is 2.83. The summed E-state index contributed by atoms with van der Waals surface area (Å²) in [5.41, 5.74) is 10.0. The molecule has 2 nitrogen and oxygen atoms in total. The number of hydrogen-bond acceptors (Lipinski definition) is 3. The summed E-state index contributed by atoms with van der Waals surface area (Å²) in [7, 11) is 0. The van der Waals surface area contributed by atoms with Crippen molar-refractivity contribution < 1.29 is 0 Å². The fourth-order valence-electron chi connectivity index (χ4n) is 2.86. The van der Waals surface area contributed by atoms with E-state index in [9.17, 15) is 0 Å². The molecule has 0 aliphatic heterocycles. The molecule has 2 unspecified atom stereocenters. The van der Waals surface area contributed by atoms with E-state index in [2.05, 4.69) is 60.4 Å². The lowest BCUT2D eigenvalue weighted by atomic mass is 10.1. The van der Waals surface area contributed by atoms with Gasteiger partial charge in [-0.05, 0) is 29.7 Å². The molecule has 3 rings (SSSR count). The van der Waals surface area contributed by atoms with Gasteiger partial charge in [-0.2, -0.15) is 0 Å². The number of rotatable bonds is 5. The molecule has 1 aliphatic carbocycles. The Morgan fingerprint density at radius 2 is 1.86 bits per heavy atom. The number of fused-ring (bicyclic) bond motifs is 1. The zero-order valence-corrected chi connectivity index (χ0v) is 12.8. The van der Waals surface area contributed by atoms with Crippen molar-refractivity contribution in [2.75, 3.05) is 11.1 Å². The Bertz CT molecular complexity index is 639. The molecule has 0 heterocycles. The van der Waals surface area contributed by atoms with Gasteiger partial charge < -0.3 is 11.1 Å². The maximum Gasteiger partial charge on any atom is 0.0535 e. The highest BCUT2D eigenvalue weighted by atomic mass is 32.2. The molecule has 3 heteroatoms. The minimum atomic E-state index is 0.131. The Hall–Kier alpha value is -1.71. The standard InChI is InChI=1S/C18H20N2S/c1-2-11-21-18-10-6-5-9-16(18)20-17-12-15(19)13-7-3-4-8-14(13)17/h2-10,15,17,20H,1,11-12,19H2. The number of para-hydroxylation sites is 1. The average molecular weight is 296 g/mol. The topological polar surface area (TPSA) is 38.0 Å². The van der Waals surface area contributed by atoms with Gasteiger partial charge in [-0.15, -0.1) is 18.3 Å². The summed E-state index contributed by atoms with van der Waals surface area (Å²) < 4.78 is 0. The summed E-state index contributed by atoms with van der Waals surface area (Å²) in [5.74, 6) is 0.916. The van der Waals surface area contributed by atoms with Gasteiger partial charge in [-0.3, -0.25) is 0 Å². The number of thioether (sulfide) groups is 1. The molecule has 2 aromatic rings. The molecule has 0 fully saturated rings. The van der Waals surface area contributed by atoms with Gasteiger partial charge in [0, 0.05) is 22.4 Å². The Morgan fingerprint density at radius 3 is 2.67 bits per heavy atom. The first kappa shape index (κ1) is 14.2. The third kappa shape index (κ3) is 2.99. The third-order valence-electron chi connectivity index (χ3n) is 3.83. The van der Waals surface area contributed by atoms with E-state index in [1.165, 1.54) is 21.7 Å².